The molecule has 0 aliphatic rings. The number of rotatable bonds is 7. The first-order chi connectivity index (χ1) is 5.31. The fourth-order valence-electron chi connectivity index (χ4n) is 0.955. The molecule has 0 heterocycles. The summed E-state index contributed by atoms with van der Waals surface area (Å²) in [6, 6.07) is 0. The van der Waals surface area contributed by atoms with Gasteiger partial charge in [0.25, 0.3) is 0 Å². The third-order valence-corrected chi connectivity index (χ3v) is 1.74. The highest BCUT2D eigenvalue weighted by Crippen LogP contribution is 2.03. The molecule has 2 nitrogen and oxygen atoms in total. The second-order valence-corrected chi connectivity index (χ2v) is 2.76. The molecule has 0 bridgehead atoms. The molecule has 0 rings (SSSR count). The van der Waals surface area contributed by atoms with Gasteiger partial charge in [-0.1, -0.05) is 19.8 Å². The van der Waals surface area contributed by atoms with Gasteiger partial charge >= 0.3 is 0 Å². The highest BCUT2D eigenvalue weighted by atomic mass is 16.2. The lowest BCUT2D eigenvalue weighted by molar-refractivity contribution is -0.118. The second kappa shape index (κ2) is 7.73. The number of ketones is 1. The Morgan fingerprint density at radius 1 is 1.09 bits per heavy atom. The molecular formula is C9H17O2. The number of hydrogen-bond acceptors (Lipinski definition) is 1. The lowest BCUT2D eigenvalue weighted by Gasteiger charge is -1.96. The van der Waals surface area contributed by atoms with Gasteiger partial charge in [-0.15, -0.1) is 0 Å². The zero-order chi connectivity index (χ0) is 8.53. The Balaban J connectivity index is 2.95. The Hall–Kier alpha value is -0.370. The summed E-state index contributed by atoms with van der Waals surface area (Å²) in [5, 5.41) is 10.0. The summed E-state index contributed by atoms with van der Waals surface area (Å²) < 4.78 is 0. The van der Waals surface area contributed by atoms with Crippen LogP contribution in [-0.4, -0.2) is 12.4 Å². The molecule has 0 saturated heterocycles. The maximum atomic E-state index is 10.8. The van der Waals surface area contributed by atoms with E-state index < -0.39 is 0 Å². The number of hydrogen-bond donors (Lipinski definition) is 0. The molecule has 1 radical (unpaired) electrons. The minimum Gasteiger partial charge on any atom is -0.300 e. The van der Waals surface area contributed by atoms with Crippen LogP contribution in [0.4, 0.5) is 0 Å². The first kappa shape index (κ1) is 10.6. The van der Waals surface area contributed by atoms with E-state index in [2.05, 4.69) is 0 Å². The van der Waals surface area contributed by atoms with Gasteiger partial charge in [0.1, 0.15) is 5.78 Å². The van der Waals surface area contributed by atoms with Crippen LogP contribution in [-0.2, 0) is 9.90 Å². The van der Waals surface area contributed by atoms with E-state index >= 15 is 0 Å². The smallest absolute Gasteiger partial charge is 0.132 e. The molecule has 0 aromatic carbocycles. The van der Waals surface area contributed by atoms with Gasteiger partial charge in [-0.2, -0.15) is 0 Å². The van der Waals surface area contributed by atoms with Crippen molar-refractivity contribution >= 4 is 5.78 Å². The highest BCUT2D eigenvalue weighted by Gasteiger charge is 1.96. The van der Waals surface area contributed by atoms with Crippen molar-refractivity contribution in [3.05, 3.63) is 0 Å². The lowest BCUT2D eigenvalue weighted by Crippen LogP contribution is -1.94. The van der Waals surface area contributed by atoms with Crippen LogP contribution in [0, 0.1) is 0 Å². The maximum absolute atomic E-state index is 10.8. The quantitative estimate of drug-likeness (QED) is 0.522. The van der Waals surface area contributed by atoms with E-state index in [1.54, 1.807) is 0 Å². The predicted molar refractivity (Wildman–Crippen MR) is 43.9 cm³/mol. The third kappa shape index (κ3) is 7.53. The molecule has 0 unspecified atom stereocenters. The van der Waals surface area contributed by atoms with Crippen molar-refractivity contribution in [3.8, 4) is 0 Å². The van der Waals surface area contributed by atoms with Crippen LogP contribution >= 0.6 is 0 Å². The standard InChI is InChI=1S/C9H17O2/c1-2-9(11)7-5-3-4-6-8-10/h2-8H2,1H3. The molecule has 11 heavy (non-hydrogen) atoms. The molecule has 0 aromatic heterocycles. The van der Waals surface area contributed by atoms with Gasteiger partial charge in [-0.05, 0) is 12.8 Å². The SMILES string of the molecule is CCC(=O)CCCCCC[O]. The van der Waals surface area contributed by atoms with Crippen molar-refractivity contribution in [1.82, 2.24) is 0 Å². The van der Waals surface area contributed by atoms with Crippen molar-refractivity contribution in [3.63, 3.8) is 0 Å². The molecule has 0 amide bonds. The van der Waals surface area contributed by atoms with E-state index in [4.69, 9.17) is 0 Å². The minimum absolute atomic E-state index is 0.0295. The molecule has 0 aromatic rings. The average Bonchev–Trinajstić information content (AvgIpc) is 2.04. The van der Waals surface area contributed by atoms with Crippen molar-refractivity contribution in [2.45, 2.75) is 45.4 Å². The Labute approximate surface area is 68.6 Å². The normalized spacial score (nSPS) is 10.0. The molecule has 0 fully saturated rings. The molecule has 0 saturated carbocycles. The second-order valence-electron chi connectivity index (χ2n) is 2.76. The van der Waals surface area contributed by atoms with Gasteiger partial charge in [0, 0.05) is 12.8 Å². The van der Waals surface area contributed by atoms with E-state index in [-0.39, 0.29) is 6.61 Å². The number of unbranched alkanes of at least 4 members (excludes halogenated alkanes) is 3. The molecular weight excluding hydrogens is 140 g/mol. The summed E-state index contributed by atoms with van der Waals surface area (Å²) in [5.74, 6) is 0.340. The first-order valence-corrected chi connectivity index (χ1v) is 4.41. The molecule has 0 aliphatic carbocycles. The van der Waals surface area contributed by atoms with Gasteiger partial charge in [-0.25, -0.2) is 5.11 Å². The summed E-state index contributed by atoms with van der Waals surface area (Å²) in [6.45, 7) is 1.92. The van der Waals surface area contributed by atoms with Crippen LogP contribution in [0.2, 0.25) is 0 Å². The molecule has 2 heteroatoms. The van der Waals surface area contributed by atoms with Gasteiger partial charge in [0.2, 0.25) is 0 Å². The molecule has 0 N–H and O–H groups in total. The van der Waals surface area contributed by atoms with Crippen LogP contribution in [0.1, 0.15) is 45.4 Å². The van der Waals surface area contributed by atoms with Crippen molar-refractivity contribution in [2.24, 2.45) is 0 Å². The zero-order valence-corrected chi connectivity index (χ0v) is 7.27. The Morgan fingerprint density at radius 2 is 1.73 bits per heavy atom. The lowest BCUT2D eigenvalue weighted by atomic mass is 10.1. The van der Waals surface area contributed by atoms with Crippen LogP contribution < -0.4 is 0 Å². The number of carbonyl (C=O) groups excluding carboxylic acids is 1. The summed E-state index contributed by atoms with van der Waals surface area (Å²) in [6.07, 6.45) is 5.11. The van der Waals surface area contributed by atoms with Crippen LogP contribution in [0.5, 0.6) is 0 Å². The van der Waals surface area contributed by atoms with E-state index in [1.807, 2.05) is 6.92 Å². The van der Waals surface area contributed by atoms with Crippen molar-refractivity contribution in [1.29, 1.82) is 0 Å². The molecule has 0 aliphatic heterocycles. The van der Waals surface area contributed by atoms with Gasteiger partial charge < -0.3 is 0 Å². The largest absolute Gasteiger partial charge is 0.300 e. The molecule has 0 atom stereocenters. The highest BCUT2D eigenvalue weighted by molar-refractivity contribution is 5.77. The van der Waals surface area contributed by atoms with E-state index in [9.17, 15) is 9.90 Å². The van der Waals surface area contributed by atoms with E-state index in [0.717, 1.165) is 25.7 Å². The topological polar surface area (TPSA) is 37.0 Å². The van der Waals surface area contributed by atoms with Crippen LogP contribution in [0.15, 0.2) is 0 Å². The van der Waals surface area contributed by atoms with Crippen molar-refractivity contribution < 1.29 is 9.90 Å². The van der Waals surface area contributed by atoms with Gasteiger partial charge in [-0.3, -0.25) is 4.79 Å². The van der Waals surface area contributed by atoms with Gasteiger partial charge in [0.15, 0.2) is 0 Å². The zero-order valence-electron chi connectivity index (χ0n) is 7.27. The van der Waals surface area contributed by atoms with E-state index in [1.165, 1.54) is 0 Å². The Kier molecular flexibility index (Phi) is 7.47. The van der Waals surface area contributed by atoms with Crippen LogP contribution in [0.3, 0.4) is 0 Å². The summed E-state index contributed by atoms with van der Waals surface area (Å²) in [4.78, 5) is 10.8. The fourth-order valence-corrected chi connectivity index (χ4v) is 0.955. The predicted octanol–water partition coefficient (Wildman–Crippen LogP) is 2.35. The fraction of sp³-hybridized carbons (Fsp3) is 0.889. The molecule has 65 valence electrons. The molecule has 0 spiro atoms. The Bertz CT molecular complexity index is 99.7. The monoisotopic (exact) mass is 157 g/mol. The first-order valence-electron chi connectivity index (χ1n) is 4.41. The van der Waals surface area contributed by atoms with E-state index in [0.29, 0.717) is 18.6 Å². The third-order valence-electron chi connectivity index (χ3n) is 1.74. The number of carbonyl (C=O) groups is 1. The van der Waals surface area contributed by atoms with Crippen molar-refractivity contribution in [2.75, 3.05) is 6.61 Å². The van der Waals surface area contributed by atoms with Crippen LogP contribution in [0.25, 0.3) is 0 Å². The summed E-state index contributed by atoms with van der Waals surface area (Å²) in [5.41, 5.74) is 0. The van der Waals surface area contributed by atoms with Gasteiger partial charge in [0.05, 0.1) is 6.61 Å². The minimum atomic E-state index is 0.0295. The number of Topliss-reactive ketones (excluding diaryl/α,β-unsaturated/α-hetero) is 1. The Morgan fingerprint density at radius 3 is 2.27 bits per heavy atom. The summed E-state index contributed by atoms with van der Waals surface area (Å²) in [7, 11) is 0. The maximum Gasteiger partial charge on any atom is 0.132 e. The average molecular weight is 157 g/mol. The summed E-state index contributed by atoms with van der Waals surface area (Å²) >= 11 is 0.